The molecule has 1 amide bonds. The van der Waals surface area contributed by atoms with E-state index in [-0.39, 0.29) is 17.5 Å². The highest BCUT2D eigenvalue weighted by Gasteiger charge is 2.20. The molecule has 0 aliphatic rings. The first kappa shape index (κ1) is 15.7. The number of hydrogen-bond acceptors (Lipinski definition) is 5. The maximum absolute atomic E-state index is 12.0. The van der Waals surface area contributed by atoms with Gasteiger partial charge in [-0.25, -0.2) is 9.71 Å². The number of imidazole rings is 1. The minimum atomic E-state index is -3.89. The van der Waals surface area contributed by atoms with E-state index in [2.05, 4.69) is 4.98 Å². The lowest BCUT2D eigenvalue weighted by Crippen LogP contribution is -2.30. The Labute approximate surface area is 127 Å². The summed E-state index contributed by atoms with van der Waals surface area (Å²) in [6.45, 7) is 3.83. The Bertz CT molecular complexity index is 703. The summed E-state index contributed by atoms with van der Waals surface area (Å²) in [4.78, 5) is 16.6. The topological polar surface area (TPSA) is 81.1 Å². The van der Waals surface area contributed by atoms with Crippen molar-refractivity contribution in [3.05, 3.63) is 34.9 Å². The van der Waals surface area contributed by atoms with Gasteiger partial charge in [-0.3, -0.25) is 4.79 Å². The maximum atomic E-state index is 12.0. The molecule has 0 bridgehead atoms. The molecule has 0 radical (unpaired) electrons. The molecular weight excluding hydrogens is 310 g/mol. The smallest absolute Gasteiger partial charge is 0.283 e. The molecule has 8 heteroatoms. The molecule has 2 heterocycles. The van der Waals surface area contributed by atoms with Crippen LogP contribution in [0.2, 0.25) is 0 Å². The monoisotopic (exact) mass is 327 g/mol. The number of nitrogens with one attached hydrogen (secondary N) is 1. The summed E-state index contributed by atoms with van der Waals surface area (Å²) < 4.78 is 27.8. The minimum absolute atomic E-state index is 0.107. The van der Waals surface area contributed by atoms with Crippen molar-refractivity contribution < 1.29 is 13.2 Å². The molecule has 0 fully saturated rings. The molecule has 0 aromatic carbocycles. The van der Waals surface area contributed by atoms with Crippen LogP contribution in [0.4, 0.5) is 0 Å². The number of carbonyl (C=O) groups is 1. The predicted molar refractivity (Wildman–Crippen MR) is 80.6 cm³/mol. The van der Waals surface area contributed by atoms with Crippen LogP contribution < -0.4 is 4.72 Å². The number of nitrogens with zero attached hydrogens (tertiary/aromatic N) is 2. The van der Waals surface area contributed by atoms with Gasteiger partial charge in [0.2, 0.25) is 5.91 Å². The number of aryl methyl sites for hydroxylation is 1. The lowest BCUT2D eigenvalue weighted by molar-refractivity contribution is -0.119. The summed E-state index contributed by atoms with van der Waals surface area (Å²) in [6.07, 6.45) is 3.51. The summed E-state index contributed by atoms with van der Waals surface area (Å²) in [5.74, 6) is -0.525. The second-order valence-electron chi connectivity index (χ2n) is 4.86. The van der Waals surface area contributed by atoms with Gasteiger partial charge in [-0.1, -0.05) is 6.07 Å². The number of aromatic nitrogens is 2. The van der Waals surface area contributed by atoms with E-state index >= 15 is 0 Å². The van der Waals surface area contributed by atoms with Crippen LogP contribution in [0.25, 0.3) is 0 Å². The van der Waals surface area contributed by atoms with Gasteiger partial charge >= 0.3 is 0 Å². The molecular formula is C13H17N3O3S2. The second kappa shape index (κ2) is 6.40. The summed E-state index contributed by atoms with van der Waals surface area (Å²) >= 11 is 1.54. The number of amides is 1. The lowest BCUT2D eigenvalue weighted by Gasteiger charge is -2.05. The molecule has 21 heavy (non-hydrogen) atoms. The summed E-state index contributed by atoms with van der Waals surface area (Å²) in [7, 11) is -3.89. The van der Waals surface area contributed by atoms with E-state index in [1.54, 1.807) is 15.9 Å². The van der Waals surface area contributed by atoms with Crippen LogP contribution >= 0.6 is 11.3 Å². The zero-order valence-corrected chi connectivity index (χ0v) is 13.4. The van der Waals surface area contributed by atoms with Crippen LogP contribution in [0.5, 0.6) is 0 Å². The van der Waals surface area contributed by atoms with Crippen LogP contribution in [0.3, 0.4) is 0 Å². The van der Waals surface area contributed by atoms with Crippen LogP contribution in [-0.4, -0.2) is 23.9 Å². The van der Waals surface area contributed by atoms with E-state index in [0.29, 0.717) is 6.42 Å². The molecule has 0 saturated carbocycles. The molecule has 0 saturated heterocycles. The van der Waals surface area contributed by atoms with Gasteiger partial charge in [-0.15, -0.1) is 11.3 Å². The van der Waals surface area contributed by atoms with E-state index < -0.39 is 15.9 Å². The van der Waals surface area contributed by atoms with Crippen molar-refractivity contribution >= 4 is 27.3 Å². The van der Waals surface area contributed by atoms with Gasteiger partial charge in [0.05, 0.1) is 6.33 Å². The van der Waals surface area contributed by atoms with Crippen molar-refractivity contribution in [2.24, 2.45) is 0 Å². The number of sulfonamides is 1. The first-order chi connectivity index (χ1) is 9.88. The van der Waals surface area contributed by atoms with Crippen molar-refractivity contribution in [1.29, 1.82) is 0 Å². The van der Waals surface area contributed by atoms with Gasteiger partial charge in [0, 0.05) is 23.5 Å². The van der Waals surface area contributed by atoms with Gasteiger partial charge in [-0.2, -0.15) is 8.42 Å². The first-order valence-corrected chi connectivity index (χ1v) is 8.86. The van der Waals surface area contributed by atoms with E-state index in [0.717, 1.165) is 4.88 Å². The molecule has 0 aliphatic heterocycles. The van der Waals surface area contributed by atoms with Gasteiger partial charge in [0.15, 0.2) is 5.03 Å². The standard InChI is InChI=1S/C13H17N3O3S2/c1-10(2)16-8-13(14-9-16)21(18,19)15-12(17)6-5-11-4-3-7-20-11/h3-4,7-10H,5-6H2,1-2H3,(H,15,17). The molecule has 0 atom stereocenters. The third-order valence-corrected chi connectivity index (χ3v) is 5.07. The van der Waals surface area contributed by atoms with Gasteiger partial charge in [-0.05, 0) is 31.7 Å². The molecule has 6 nitrogen and oxygen atoms in total. The van der Waals surface area contributed by atoms with Gasteiger partial charge in [0.25, 0.3) is 10.0 Å². The zero-order valence-electron chi connectivity index (χ0n) is 11.8. The van der Waals surface area contributed by atoms with Crippen molar-refractivity contribution in [2.75, 3.05) is 0 Å². The minimum Gasteiger partial charge on any atom is -0.334 e. The summed E-state index contributed by atoms with van der Waals surface area (Å²) in [6, 6.07) is 3.92. The number of thiophene rings is 1. The zero-order chi connectivity index (χ0) is 15.5. The summed E-state index contributed by atoms with van der Waals surface area (Å²) in [5, 5.41) is 1.78. The number of hydrogen-bond donors (Lipinski definition) is 1. The Morgan fingerprint density at radius 2 is 2.24 bits per heavy atom. The van der Waals surface area contributed by atoms with E-state index in [9.17, 15) is 13.2 Å². The molecule has 2 aromatic heterocycles. The average molecular weight is 327 g/mol. The molecule has 2 rings (SSSR count). The van der Waals surface area contributed by atoms with Crippen LogP contribution in [0.1, 0.15) is 31.2 Å². The lowest BCUT2D eigenvalue weighted by atomic mass is 10.2. The first-order valence-electron chi connectivity index (χ1n) is 6.50. The quantitative estimate of drug-likeness (QED) is 0.879. The Morgan fingerprint density at radius 3 is 2.81 bits per heavy atom. The molecule has 0 aliphatic carbocycles. The van der Waals surface area contributed by atoms with Crippen LogP contribution in [0.15, 0.2) is 35.1 Å². The Morgan fingerprint density at radius 1 is 1.48 bits per heavy atom. The van der Waals surface area contributed by atoms with Crippen LogP contribution in [0, 0.1) is 0 Å². The normalized spacial score (nSPS) is 11.8. The predicted octanol–water partition coefficient (Wildman–Crippen LogP) is 1.96. The third-order valence-electron chi connectivity index (χ3n) is 2.88. The van der Waals surface area contributed by atoms with Crippen molar-refractivity contribution in [2.45, 2.75) is 37.8 Å². The molecule has 0 unspecified atom stereocenters. The Kier molecular flexibility index (Phi) is 4.79. The highest BCUT2D eigenvalue weighted by molar-refractivity contribution is 7.90. The Balaban J connectivity index is 1.97. The molecule has 114 valence electrons. The van der Waals surface area contributed by atoms with Gasteiger partial charge in [0.1, 0.15) is 0 Å². The average Bonchev–Trinajstić information content (AvgIpc) is 3.07. The van der Waals surface area contributed by atoms with Crippen molar-refractivity contribution in [3.63, 3.8) is 0 Å². The summed E-state index contributed by atoms with van der Waals surface area (Å²) in [5.41, 5.74) is 0. The maximum Gasteiger partial charge on any atom is 0.283 e. The van der Waals surface area contributed by atoms with Crippen molar-refractivity contribution in [3.8, 4) is 0 Å². The third kappa shape index (κ3) is 4.15. The highest BCUT2D eigenvalue weighted by Crippen LogP contribution is 2.12. The molecule has 0 spiro atoms. The molecule has 1 N–H and O–H groups in total. The van der Waals surface area contributed by atoms with E-state index in [1.165, 1.54) is 12.5 Å². The number of rotatable bonds is 6. The fourth-order valence-corrected chi connectivity index (χ4v) is 3.35. The Hall–Kier alpha value is -1.67. The van der Waals surface area contributed by atoms with E-state index in [4.69, 9.17) is 0 Å². The SMILES string of the molecule is CC(C)n1cnc(S(=O)(=O)NC(=O)CCc2cccs2)c1. The van der Waals surface area contributed by atoms with E-state index in [1.807, 2.05) is 36.1 Å². The van der Waals surface area contributed by atoms with Gasteiger partial charge < -0.3 is 4.57 Å². The highest BCUT2D eigenvalue weighted by atomic mass is 32.2. The largest absolute Gasteiger partial charge is 0.334 e. The fourth-order valence-electron chi connectivity index (χ4n) is 1.68. The van der Waals surface area contributed by atoms with Crippen molar-refractivity contribution in [1.82, 2.24) is 14.3 Å². The molecule has 2 aromatic rings. The second-order valence-corrected chi connectivity index (χ2v) is 7.52. The fraction of sp³-hybridized carbons (Fsp3) is 0.385. The van der Waals surface area contributed by atoms with Crippen LogP contribution in [-0.2, 0) is 21.2 Å². The number of carbonyl (C=O) groups excluding carboxylic acids is 1.